The number of amides is 1. The molecule has 0 fully saturated rings. The molecule has 1 aromatic heterocycles. The second-order valence-electron chi connectivity index (χ2n) is 9.03. The summed E-state index contributed by atoms with van der Waals surface area (Å²) in [7, 11) is 0. The van der Waals surface area contributed by atoms with E-state index in [2.05, 4.69) is 48.5 Å². The number of hydrogen-bond donors (Lipinski definition) is 2. The molecule has 0 saturated heterocycles. The van der Waals surface area contributed by atoms with Crippen LogP contribution in [0.15, 0.2) is 30.9 Å². The van der Waals surface area contributed by atoms with E-state index in [1.807, 2.05) is 13.0 Å². The smallest absolute Gasteiger partial charge is 0.303 e. The van der Waals surface area contributed by atoms with Gasteiger partial charge in [-0.05, 0) is 48.9 Å². The molecule has 0 aliphatic heterocycles. The number of fused-ring (bicyclic) bond motifs is 1. The number of aliphatic carboxylic acids is 1. The van der Waals surface area contributed by atoms with E-state index in [9.17, 15) is 9.59 Å². The minimum atomic E-state index is -0.701. The van der Waals surface area contributed by atoms with Crippen molar-refractivity contribution in [2.45, 2.75) is 91.0 Å². The van der Waals surface area contributed by atoms with Crippen molar-refractivity contribution in [1.82, 2.24) is 9.88 Å². The van der Waals surface area contributed by atoms with Crippen LogP contribution in [0.4, 0.5) is 0 Å². The first-order valence-corrected chi connectivity index (χ1v) is 12.1. The van der Waals surface area contributed by atoms with Gasteiger partial charge in [0.15, 0.2) is 0 Å². The van der Waals surface area contributed by atoms with Crippen molar-refractivity contribution in [2.75, 3.05) is 6.54 Å². The summed E-state index contributed by atoms with van der Waals surface area (Å²) in [5.74, 6) is -0.263. The summed E-state index contributed by atoms with van der Waals surface area (Å²) in [5.41, 5.74) is 4.14. The molecule has 0 spiro atoms. The number of rotatable bonds is 15. The lowest BCUT2D eigenvalue weighted by Crippen LogP contribution is -2.27. The SMILES string of the molecule is C=CCn1c(C(=O)NCCCCCCCCCCC(=O)O)c(C)c2cc(C(C)C)ccc21. The summed E-state index contributed by atoms with van der Waals surface area (Å²) in [6.45, 7) is 11.6. The number of aryl methyl sites for hydroxylation is 1. The molecule has 5 heteroatoms. The molecule has 1 heterocycles. The third-order valence-electron chi connectivity index (χ3n) is 6.14. The standard InChI is InChI=1S/C27H40N2O3/c1-5-18-29-24-16-15-22(20(2)3)19-23(24)21(4)26(29)27(32)28-17-13-11-9-7-6-8-10-12-14-25(30)31/h5,15-16,19-20H,1,6-14,17-18H2,2-4H3,(H,28,32)(H,30,31). The molecule has 1 amide bonds. The summed E-state index contributed by atoms with van der Waals surface area (Å²) in [6.07, 6.45) is 10.6. The van der Waals surface area contributed by atoms with Gasteiger partial charge in [0.05, 0.1) is 0 Å². The number of allylic oxidation sites excluding steroid dienone is 1. The van der Waals surface area contributed by atoms with Crippen molar-refractivity contribution in [3.05, 3.63) is 47.7 Å². The van der Waals surface area contributed by atoms with E-state index in [0.717, 1.165) is 67.1 Å². The lowest BCUT2D eigenvalue weighted by molar-refractivity contribution is -0.137. The van der Waals surface area contributed by atoms with Gasteiger partial charge >= 0.3 is 5.97 Å². The topological polar surface area (TPSA) is 71.3 Å². The van der Waals surface area contributed by atoms with Gasteiger partial charge in [-0.3, -0.25) is 9.59 Å². The Bertz CT molecular complexity index is 911. The molecule has 176 valence electrons. The molecular formula is C27H40N2O3. The molecule has 5 nitrogen and oxygen atoms in total. The lowest BCUT2D eigenvalue weighted by atomic mass is 10.0. The van der Waals surface area contributed by atoms with Crippen molar-refractivity contribution >= 4 is 22.8 Å². The zero-order chi connectivity index (χ0) is 23.5. The first-order chi connectivity index (χ1) is 15.4. The van der Waals surface area contributed by atoms with E-state index >= 15 is 0 Å². The molecule has 0 aliphatic rings. The van der Waals surface area contributed by atoms with Crippen molar-refractivity contribution < 1.29 is 14.7 Å². The number of carboxylic acids is 1. The van der Waals surface area contributed by atoms with Gasteiger partial charge in [-0.1, -0.05) is 64.5 Å². The fourth-order valence-electron chi connectivity index (χ4n) is 4.26. The number of benzene rings is 1. The summed E-state index contributed by atoms with van der Waals surface area (Å²) in [6, 6.07) is 6.49. The highest BCUT2D eigenvalue weighted by Crippen LogP contribution is 2.29. The quantitative estimate of drug-likeness (QED) is 0.242. The molecule has 0 bridgehead atoms. The zero-order valence-electron chi connectivity index (χ0n) is 20.1. The highest BCUT2D eigenvalue weighted by molar-refractivity contribution is 6.01. The third kappa shape index (κ3) is 7.25. The number of nitrogens with one attached hydrogen (secondary N) is 1. The Balaban J connectivity index is 1.83. The van der Waals surface area contributed by atoms with Crippen LogP contribution in [-0.2, 0) is 11.3 Å². The summed E-state index contributed by atoms with van der Waals surface area (Å²) < 4.78 is 2.07. The minimum Gasteiger partial charge on any atom is -0.481 e. The number of unbranched alkanes of at least 4 members (excludes halogenated alkanes) is 7. The average Bonchev–Trinajstić information content (AvgIpc) is 3.03. The second-order valence-corrected chi connectivity index (χ2v) is 9.03. The maximum absolute atomic E-state index is 13.0. The Morgan fingerprint density at radius 2 is 1.69 bits per heavy atom. The molecule has 2 N–H and O–H groups in total. The first kappa shape index (κ1) is 25.7. The van der Waals surface area contributed by atoms with E-state index in [-0.39, 0.29) is 12.3 Å². The maximum atomic E-state index is 13.0. The predicted molar refractivity (Wildman–Crippen MR) is 132 cm³/mol. The molecule has 0 unspecified atom stereocenters. The van der Waals surface area contributed by atoms with Crippen molar-refractivity contribution in [3.63, 3.8) is 0 Å². The normalized spacial score (nSPS) is 11.2. The van der Waals surface area contributed by atoms with E-state index in [1.54, 1.807) is 0 Å². The van der Waals surface area contributed by atoms with Gasteiger partial charge in [0, 0.05) is 30.4 Å². The highest BCUT2D eigenvalue weighted by Gasteiger charge is 2.20. The molecule has 2 rings (SSSR count). The Morgan fingerprint density at radius 1 is 1.06 bits per heavy atom. The van der Waals surface area contributed by atoms with E-state index < -0.39 is 5.97 Å². The van der Waals surface area contributed by atoms with Gasteiger partial charge in [-0.2, -0.15) is 0 Å². The summed E-state index contributed by atoms with van der Waals surface area (Å²) >= 11 is 0. The number of carboxylic acid groups (broad SMARTS) is 1. The molecular weight excluding hydrogens is 400 g/mol. The van der Waals surface area contributed by atoms with Crippen LogP contribution in [-0.4, -0.2) is 28.1 Å². The molecule has 1 aromatic carbocycles. The third-order valence-corrected chi connectivity index (χ3v) is 6.14. The van der Waals surface area contributed by atoms with Crippen molar-refractivity contribution in [3.8, 4) is 0 Å². The number of carbonyl (C=O) groups excluding carboxylic acids is 1. The fourth-order valence-corrected chi connectivity index (χ4v) is 4.26. The Kier molecular flexibility index (Phi) is 10.5. The number of nitrogens with zero attached hydrogens (tertiary/aromatic N) is 1. The monoisotopic (exact) mass is 440 g/mol. The molecule has 2 aromatic rings. The predicted octanol–water partition coefficient (Wildman–Crippen LogP) is 6.58. The van der Waals surface area contributed by atoms with Gasteiger partial charge in [0.1, 0.15) is 5.69 Å². The largest absolute Gasteiger partial charge is 0.481 e. The summed E-state index contributed by atoms with van der Waals surface area (Å²) in [5, 5.41) is 12.9. The molecule has 0 atom stereocenters. The second kappa shape index (κ2) is 13.1. The zero-order valence-corrected chi connectivity index (χ0v) is 20.1. The highest BCUT2D eigenvalue weighted by atomic mass is 16.4. The van der Waals surface area contributed by atoms with Crippen LogP contribution in [0, 0.1) is 6.92 Å². The molecule has 0 radical (unpaired) electrons. The van der Waals surface area contributed by atoms with Crippen LogP contribution in [0.1, 0.15) is 99.2 Å². The molecule has 0 saturated carbocycles. The lowest BCUT2D eigenvalue weighted by Gasteiger charge is -2.10. The maximum Gasteiger partial charge on any atom is 0.303 e. The Hall–Kier alpha value is -2.56. The van der Waals surface area contributed by atoms with Gasteiger partial charge in [-0.25, -0.2) is 0 Å². The molecule has 32 heavy (non-hydrogen) atoms. The van der Waals surface area contributed by atoms with Gasteiger partial charge in [-0.15, -0.1) is 6.58 Å². The minimum absolute atomic E-state index is 0.00919. The number of hydrogen-bond acceptors (Lipinski definition) is 2. The number of aromatic nitrogens is 1. The number of carbonyl (C=O) groups is 2. The Labute approximate surface area is 192 Å². The van der Waals surface area contributed by atoms with Gasteiger partial charge in [0.25, 0.3) is 5.91 Å². The Morgan fingerprint density at radius 3 is 2.28 bits per heavy atom. The van der Waals surface area contributed by atoms with Crippen LogP contribution in [0.2, 0.25) is 0 Å². The van der Waals surface area contributed by atoms with Crippen molar-refractivity contribution in [1.29, 1.82) is 0 Å². The van der Waals surface area contributed by atoms with E-state index in [1.165, 1.54) is 12.0 Å². The van der Waals surface area contributed by atoms with Gasteiger partial charge < -0.3 is 15.0 Å². The molecule has 0 aliphatic carbocycles. The van der Waals surface area contributed by atoms with Crippen LogP contribution >= 0.6 is 0 Å². The van der Waals surface area contributed by atoms with Crippen molar-refractivity contribution in [2.24, 2.45) is 0 Å². The first-order valence-electron chi connectivity index (χ1n) is 12.1. The summed E-state index contributed by atoms with van der Waals surface area (Å²) in [4.78, 5) is 23.5. The average molecular weight is 441 g/mol. The van der Waals surface area contributed by atoms with Crippen LogP contribution in [0.5, 0.6) is 0 Å². The fraction of sp³-hybridized carbons (Fsp3) is 0.556. The van der Waals surface area contributed by atoms with Crippen LogP contribution in [0.25, 0.3) is 10.9 Å². The van der Waals surface area contributed by atoms with Crippen LogP contribution < -0.4 is 5.32 Å². The van der Waals surface area contributed by atoms with Gasteiger partial charge in [0.2, 0.25) is 0 Å². The van der Waals surface area contributed by atoms with E-state index in [4.69, 9.17) is 5.11 Å². The van der Waals surface area contributed by atoms with E-state index in [0.29, 0.717) is 19.0 Å². The van der Waals surface area contributed by atoms with Crippen LogP contribution in [0.3, 0.4) is 0 Å².